The van der Waals surface area contributed by atoms with Crippen molar-refractivity contribution in [3.05, 3.63) is 71.5 Å². The van der Waals surface area contributed by atoms with Crippen LogP contribution in [-0.2, 0) is 39.4 Å². The highest BCUT2D eigenvalue weighted by molar-refractivity contribution is 6.71. The molecule has 0 aliphatic carbocycles. The summed E-state index contributed by atoms with van der Waals surface area (Å²) in [5, 5.41) is 29.8. The maximum Gasteiger partial charge on any atom is 0.264 e. The van der Waals surface area contributed by atoms with Crippen molar-refractivity contribution in [3.8, 4) is 0 Å². The summed E-state index contributed by atoms with van der Waals surface area (Å²) in [7, 11) is -2.80. The Balaban J connectivity index is 1.44. The molecule has 12 heteroatoms. The van der Waals surface area contributed by atoms with Crippen molar-refractivity contribution < 1.29 is 29.3 Å². The number of hydrogen-bond acceptors (Lipinski definition) is 8. The molecule has 1 fully saturated rings. The number of carbonyl (C=O) groups excluding carboxylic acids is 2. The number of fused-ring (bicyclic) bond motifs is 2. The van der Waals surface area contributed by atoms with Gasteiger partial charge in [0.15, 0.2) is 13.9 Å². The van der Waals surface area contributed by atoms with Gasteiger partial charge in [-0.3, -0.25) is 14.3 Å². The SMILES string of the molecule is C[C@H](O)C(=O)Nc1cccc(CN2C(=O)[C@]3(O[C@H](CCn4cc(CCO)nn4)[C@@H]([Si](C)(C)O)[C@@H]3C)c3ccccc32)c1. The van der Waals surface area contributed by atoms with Crippen LogP contribution >= 0.6 is 0 Å². The molecule has 1 saturated heterocycles. The van der Waals surface area contributed by atoms with Crippen LogP contribution in [0.5, 0.6) is 0 Å². The minimum absolute atomic E-state index is 0.00431. The molecule has 11 nitrogen and oxygen atoms in total. The molecule has 1 aromatic heterocycles. The van der Waals surface area contributed by atoms with E-state index in [0.717, 1.165) is 16.8 Å². The molecular formula is C30H39N5O6Si. The van der Waals surface area contributed by atoms with E-state index >= 15 is 0 Å². The predicted molar refractivity (Wildman–Crippen MR) is 159 cm³/mol. The number of benzene rings is 2. The molecule has 2 aliphatic rings. The standard InChI is InChI=1S/C30H39N5O6Si/c1-19-27(42(3,4)40)26(12-14-34-18-23(13-15-36)32-33-34)41-30(19)24-10-5-6-11-25(24)35(29(30)39)17-21-8-7-9-22(16-21)31-28(38)20(2)37/h5-11,16,18-20,26-27,36-37,40H,12-15,17H2,1-4H3,(H,31,38)/t19-,20-,26+,27-,30+/m0/s1. The third kappa shape index (κ3) is 5.52. The summed E-state index contributed by atoms with van der Waals surface area (Å²) >= 11 is 0. The van der Waals surface area contributed by atoms with Gasteiger partial charge in [-0.2, -0.15) is 0 Å². The Kier molecular flexibility index (Phi) is 8.36. The maximum absolute atomic E-state index is 14.5. The van der Waals surface area contributed by atoms with E-state index < -0.39 is 25.9 Å². The first-order chi connectivity index (χ1) is 20.0. The van der Waals surface area contributed by atoms with E-state index in [4.69, 9.17) is 4.74 Å². The number of ether oxygens (including phenoxy) is 1. The molecule has 2 aromatic carbocycles. The lowest BCUT2D eigenvalue weighted by molar-refractivity contribution is -0.146. The molecule has 3 aromatic rings. The van der Waals surface area contributed by atoms with Gasteiger partial charge in [0.25, 0.3) is 11.8 Å². The van der Waals surface area contributed by atoms with E-state index in [1.807, 2.05) is 50.3 Å². The Labute approximate surface area is 246 Å². The first kappa shape index (κ1) is 30.0. The highest BCUT2D eigenvalue weighted by Crippen LogP contribution is 2.59. The van der Waals surface area contributed by atoms with Gasteiger partial charge in [0, 0.05) is 48.5 Å². The summed E-state index contributed by atoms with van der Waals surface area (Å²) in [6.07, 6.45) is 1.24. The van der Waals surface area contributed by atoms with Gasteiger partial charge in [-0.25, -0.2) is 0 Å². The Morgan fingerprint density at radius 1 is 1.21 bits per heavy atom. The van der Waals surface area contributed by atoms with E-state index in [1.165, 1.54) is 6.92 Å². The minimum Gasteiger partial charge on any atom is -0.432 e. The zero-order chi connectivity index (χ0) is 30.2. The van der Waals surface area contributed by atoms with Crippen LogP contribution in [0.15, 0.2) is 54.7 Å². The zero-order valence-electron chi connectivity index (χ0n) is 24.4. The van der Waals surface area contributed by atoms with Crippen molar-refractivity contribution in [1.29, 1.82) is 0 Å². The molecule has 0 unspecified atom stereocenters. The first-order valence-electron chi connectivity index (χ1n) is 14.3. The van der Waals surface area contributed by atoms with E-state index in [-0.39, 0.29) is 36.6 Å². The molecule has 2 aliphatic heterocycles. The highest BCUT2D eigenvalue weighted by Gasteiger charge is 2.66. The maximum atomic E-state index is 14.5. The third-order valence-electron chi connectivity index (χ3n) is 8.40. The third-order valence-corrected chi connectivity index (χ3v) is 10.9. The van der Waals surface area contributed by atoms with Crippen LogP contribution in [0.25, 0.3) is 0 Å². The average Bonchev–Trinajstić information content (AvgIpc) is 3.58. The van der Waals surface area contributed by atoms with Gasteiger partial charge in [0.05, 0.1) is 24.0 Å². The van der Waals surface area contributed by atoms with Crippen LogP contribution in [-0.4, -0.2) is 68.9 Å². The number of aliphatic hydroxyl groups is 2. The number of hydrogen-bond donors (Lipinski definition) is 4. The van der Waals surface area contributed by atoms with Crippen molar-refractivity contribution >= 4 is 31.5 Å². The Bertz CT molecular complexity index is 1460. The van der Waals surface area contributed by atoms with E-state index in [0.29, 0.717) is 30.8 Å². The molecular weight excluding hydrogens is 554 g/mol. The summed E-state index contributed by atoms with van der Waals surface area (Å²) in [6.45, 7) is 7.96. The molecule has 0 radical (unpaired) electrons. The van der Waals surface area contributed by atoms with Gasteiger partial charge in [0.2, 0.25) is 0 Å². The Hall–Kier alpha value is -3.42. The molecule has 42 heavy (non-hydrogen) atoms. The summed E-state index contributed by atoms with van der Waals surface area (Å²) < 4.78 is 8.56. The minimum atomic E-state index is -2.80. The number of aliphatic hydroxyl groups excluding tert-OH is 2. The quantitative estimate of drug-likeness (QED) is 0.262. The number of nitrogens with one attached hydrogen (secondary N) is 1. The van der Waals surface area contributed by atoms with Crippen molar-refractivity contribution in [3.63, 3.8) is 0 Å². The van der Waals surface area contributed by atoms with Gasteiger partial charge < -0.3 is 30.0 Å². The fourth-order valence-electron chi connectivity index (χ4n) is 6.57. The van der Waals surface area contributed by atoms with Crippen LogP contribution in [0.1, 0.15) is 37.1 Å². The van der Waals surface area contributed by atoms with Crippen LogP contribution in [0.2, 0.25) is 18.6 Å². The number of anilines is 2. The number of carbonyl (C=O) groups is 2. The van der Waals surface area contributed by atoms with Crippen molar-refractivity contribution in [2.75, 3.05) is 16.8 Å². The topological polar surface area (TPSA) is 150 Å². The van der Waals surface area contributed by atoms with E-state index in [2.05, 4.69) is 15.6 Å². The molecule has 5 atom stereocenters. The summed E-state index contributed by atoms with van der Waals surface area (Å²) in [5.74, 6) is -0.971. The zero-order valence-corrected chi connectivity index (χ0v) is 25.4. The fourth-order valence-corrected chi connectivity index (χ4v) is 9.17. The number of nitrogens with zero attached hydrogens (tertiary/aromatic N) is 4. The van der Waals surface area contributed by atoms with Gasteiger partial charge in [0.1, 0.15) is 6.10 Å². The van der Waals surface area contributed by atoms with E-state index in [1.54, 1.807) is 34.0 Å². The number of amides is 2. The van der Waals surface area contributed by atoms with Crippen molar-refractivity contribution in [1.82, 2.24) is 15.0 Å². The van der Waals surface area contributed by atoms with Crippen LogP contribution in [0.4, 0.5) is 11.4 Å². The van der Waals surface area contributed by atoms with Crippen LogP contribution < -0.4 is 10.2 Å². The van der Waals surface area contributed by atoms with Crippen molar-refractivity contribution in [2.24, 2.45) is 5.92 Å². The van der Waals surface area contributed by atoms with Crippen molar-refractivity contribution in [2.45, 2.75) is 76.2 Å². The molecule has 0 bridgehead atoms. The molecule has 5 rings (SSSR count). The summed E-state index contributed by atoms with van der Waals surface area (Å²) in [4.78, 5) is 39.7. The average molecular weight is 594 g/mol. The predicted octanol–water partition coefficient (Wildman–Crippen LogP) is 2.57. The Morgan fingerprint density at radius 2 is 1.98 bits per heavy atom. The molecule has 2 amide bonds. The van der Waals surface area contributed by atoms with Crippen LogP contribution in [0, 0.1) is 5.92 Å². The number of aromatic nitrogens is 3. The largest absolute Gasteiger partial charge is 0.432 e. The second-order valence-electron chi connectivity index (χ2n) is 11.9. The molecule has 4 N–H and O–H groups in total. The van der Waals surface area contributed by atoms with Gasteiger partial charge >= 0.3 is 0 Å². The molecule has 3 heterocycles. The molecule has 0 saturated carbocycles. The highest BCUT2D eigenvalue weighted by atomic mass is 28.4. The lowest BCUT2D eigenvalue weighted by atomic mass is 9.82. The normalized spacial score (nSPS) is 24.3. The van der Waals surface area contributed by atoms with Crippen LogP contribution in [0.3, 0.4) is 0 Å². The number of rotatable bonds is 10. The second kappa shape index (κ2) is 11.7. The monoisotopic (exact) mass is 593 g/mol. The fraction of sp³-hybridized carbons (Fsp3) is 0.467. The van der Waals surface area contributed by atoms with E-state index in [9.17, 15) is 24.6 Å². The molecule has 224 valence electrons. The molecule has 1 spiro atoms. The lowest BCUT2D eigenvalue weighted by Crippen LogP contribution is -2.46. The first-order valence-corrected chi connectivity index (χ1v) is 17.4. The van der Waals surface area contributed by atoms with Gasteiger partial charge in [-0.1, -0.05) is 42.5 Å². The van der Waals surface area contributed by atoms with Gasteiger partial charge in [-0.05, 0) is 50.2 Å². The van der Waals surface area contributed by atoms with Gasteiger partial charge in [-0.15, -0.1) is 5.10 Å². The smallest absolute Gasteiger partial charge is 0.264 e. The second-order valence-corrected chi connectivity index (χ2v) is 15.8. The summed E-state index contributed by atoms with van der Waals surface area (Å²) in [6, 6.07) is 14.9. The lowest BCUT2D eigenvalue weighted by Gasteiger charge is -2.32. The Morgan fingerprint density at radius 3 is 2.69 bits per heavy atom. The number of para-hydroxylation sites is 1. The number of aryl methyl sites for hydroxylation is 1. The summed E-state index contributed by atoms with van der Waals surface area (Å²) in [5.41, 5.74) is 2.12.